The molecule has 0 aromatic heterocycles. The molecule has 41 heavy (non-hydrogen) atoms. The van der Waals surface area contributed by atoms with Crippen LogP contribution in [-0.4, -0.2) is 102 Å². The van der Waals surface area contributed by atoms with Gasteiger partial charge in [0, 0.05) is 44.1 Å². The van der Waals surface area contributed by atoms with Crippen LogP contribution in [0.4, 0.5) is 4.39 Å². The van der Waals surface area contributed by atoms with Crippen molar-refractivity contribution in [1.29, 1.82) is 5.26 Å². The minimum absolute atomic E-state index is 0.0301. The number of hydrogen-bond donors (Lipinski definition) is 2. The summed E-state index contributed by atoms with van der Waals surface area (Å²) < 4.78 is 26.6. The summed E-state index contributed by atoms with van der Waals surface area (Å²) in [5.74, 6) is -0.213. The lowest BCUT2D eigenvalue weighted by molar-refractivity contribution is -0.157. The third-order valence-electron chi connectivity index (χ3n) is 9.73. The molecule has 4 heterocycles. The number of carbonyl (C=O) groups excluding carboxylic acids is 2. The number of likely N-dealkylation sites (tertiary alicyclic amines) is 1. The number of halogens is 1. The first kappa shape index (κ1) is 28.2. The summed E-state index contributed by atoms with van der Waals surface area (Å²) in [4.78, 5) is 33.1. The van der Waals surface area contributed by atoms with Crippen molar-refractivity contribution in [3.63, 3.8) is 0 Å². The van der Waals surface area contributed by atoms with Crippen LogP contribution in [-0.2, 0) is 20.7 Å². The molecule has 0 bridgehead atoms. The highest BCUT2D eigenvalue weighted by molar-refractivity contribution is 5.95. The number of benzene rings is 1. The second-order valence-corrected chi connectivity index (χ2v) is 12.1. The topological polar surface area (TPSA) is 110 Å². The van der Waals surface area contributed by atoms with Crippen LogP contribution < -0.4 is 15.4 Å². The Morgan fingerprint density at radius 2 is 2.15 bits per heavy atom. The summed E-state index contributed by atoms with van der Waals surface area (Å²) in [6, 6.07) is 6.24. The Balaban J connectivity index is 1.24. The van der Waals surface area contributed by atoms with E-state index in [2.05, 4.69) is 40.1 Å². The lowest BCUT2D eigenvalue weighted by Gasteiger charge is -2.53. The Morgan fingerprint density at radius 1 is 1.29 bits per heavy atom. The summed E-state index contributed by atoms with van der Waals surface area (Å²) in [5, 5.41) is 16.6. The molecule has 6 unspecified atom stereocenters. The van der Waals surface area contributed by atoms with Crippen LogP contribution in [0.2, 0.25) is 0 Å². The maximum atomic E-state index is 14.3. The third-order valence-corrected chi connectivity index (χ3v) is 9.73. The van der Waals surface area contributed by atoms with Crippen LogP contribution in [0.1, 0.15) is 37.7 Å². The van der Waals surface area contributed by atoms with Crippen molar-refractivity contribution in [2.75, 3.05) is 39.8 Å². The fourth-order valence-corrected chi connectivity index (χ4v) is 7.49. The molecular formula is C30H39FN6O4. The minimum Gasteiger partial charge on any atom is -0.479 e. The highest BCUT2D eigenvalue weighted by atomic mass is 19.1. The van der Waals surface area contributed by atoms with E-state index in [0.717, 1.165) is 24.9 Å². The maximum Gasteiger partial charge on any atom is 0.246 e. The van der Waals surface area contributed by atoms with Crippen LogP contribution in [0, 0.1) is 23.1 Å². The number of nitriles is 1. The fourth-order valence-electron chi connectivity index (χ4n) is 7.49. The lowest BCUT2D eigenvalue weighted by Crippen LogP contribution is -2.75. The monoisotopic (exact) mass is 566 g/mol. The van der Waals surface area contributed by atoms with Crippen molar-refractivity contribution in [1.82, 2.24) is 25.3 Å². The van der Waals surface area contributed by atoms with Crippen LogP contribution in [0.15, 0.2) is 30.9 Å². The van der Waals surface area contributed by atoms with Gasteiger partial charge in [-0.25, -0.2) is 4.39 Å². The Labute approximate surface area is 240 Å². The molecule has 3 saturated heterocycles. The summed E-state index contributed by atoms with van der Waals surface area (Å²) in [6.07, 6.45) is 4.63. The minimum atomic E-state index is -1.03. The van der Waals surface area contributed by atoms with Crippen molar-refractivity contribution < 1.29 is 23.5 Å². The van der Waals surface area contributed by atoms with E-state index < -0.39 is 18.0 Å². The molecule has 7 atom stereocenters. The van der Waals surface area contributed by atoms with Crippen molar-refractivity contribution in [3.8, 4) is 11.8 Å². The predicted octanol–water partition coefficient (Wildman–Crippen LogP) is 1.37. The first-order valence-corrected chi connectivity index (χ1v) is 14.7. The molecule has 1 spiro atoms. The number of carbonyl (C=O) groups is 2. The van der Waals surface area contributed by atoms with E-state index in [-0.39, 0.29) is 42.1 Å². The highest BCUT2D eigenvalue weighted by Gasteiger charge is 2.58. The van der Waals surface area contributed by atoms with Gasteiger partial charge in [0.1, 0.15) is 11.6 Å². The normalized spacial score (nSPS) is 35.5. The fraction of sp³-hybridized carbons (Fsp3) is 0.633. The number of ether oxygens (including phenoxy) is 2. The summed E-state index contributed by atoms with van der Waals surface area (Å²) in [6.45, 7) is 6.78. The molecule has 4 fully saturated rings. The number of ketones is 1. The average molecular weight is 567 g/mol. The van der Waals surface area contributed by atoms with Crippen molar-refractivity contribution in [2.45, 2.75) is 74.8 Å². The molecule has 1 saturated carbocycles. The van der Waals surface area contributed by atoms with E-state index in [4.69, 9.17) is 9.47 Å². The smallest absolute Gasteiger partial charge is 0.246 e. The largest absolute Gasteiger partial charge is 0.479 e. The first-order chi connectivity index (χ1) is 19.8. The molecule has 0 radical (unpaired) electrons. The van der Waals surface area contributed by atoms with Gasteiger partial charge < -0.3 is 19.3 Å². The first-order valence-electron chi connectivity index (χ1n) is 14.7. The number of nitrogens with one attached hydrogen (secondary N) is 2. The highest BCUT2D eigenvalue weighted by Crippen LogP contribution is 2.45. The molecule has 5 aliphatic rings. The van der Waals surface area contributed by atoms with E-state index in [1.165, 1.54) is 18.2 Å². The predicted molar refractivity (Wildman–Crippen MR) is 148 cm³/mol. The van der Waals surface area contributed by atoms with Crippen molar-refractivity contribution in [2.24, 2.45) is 5.92 Å². The molecule has 1 aromatic rings. The zero-order valence-corrected chi connectivity index (χ0v) is 23.6. The van der Waals surface area contributed by atoms with Gasteiger partial charge in [-0.2, -0.15) is 5.26 Å². The number of piperazine rings is 1. The molecule has 1 amide bonds. The number of Topliss-reactive ketones (excluding diaryl/α,β-unsaturated/α-hetero) is 1. The number of nitrogens with zero attached hydrogens (tertiary/aromatic N) is 4. The second kappa shape index (κ2) is 11.4. The molecule has 6 rings (SSSR count). The summed E-state index contributed by atoms with van der Waals surface area (Å²) >= 11 is 0. The SMILES string of the molecule is C=CC(=O)N1CCN(C2NC(OCC3CCCN3C)NC3C(=O)[C@@]4(CCC32)Cc2ccc(F)cc2O4)CC1CC#N. The van der Waals surface area contributed by atoms with Gasteiger partial charge in [0.25, 0.3) is 0 Å². The maximum absolute atomic E-state index is 14.3. The van der Waals surface area contributed by atoms with Crippen LogP contribution in [0.5, 0.6) is 5.75 Å². The van der Waals surface area contributed by atoms with Gasteiger partial charge in [0.15, 0.2) is 17.7 Å². The number of amides is 1. The van der Waals surface area contributed by atoms with Gasteiger partial charge in [-0.3, -0.25) is 25.1 Å². The van der Waals surface area contributed by atoms with E-state index in [0.29, 0.717) is 57.3 Å². The van der Waals surface area contributed by atoms with Gasteiger partial charge in [-0.1, -0.05) is 12.6 Å². The zero-order chi connectivity index (χ0) is 28.7. The van der Waals surface area contributed by atoms with Gasteiger partial charge in [-0.05, 0) is 57.0 Å². The van der Waals surface area contributed by atoms with E-state index in [9.17, 15) is 19.2 Å². The molecule has 1 aromatic carbocycles. The van der Waals surface area contributed by atoms with Gasteiger partial charge in [0.2, 0.25) is 5.91 Å². The van der Waals surface area contributed by atoms with Crippen LogP contribution in [0.3, 0.4) is 0 Å². The Kier molecular flexibility index (Phi) is 7.87. The van der Waals surface area contributed by atoms with Crippen LogP contribution in [0.25, 0.3) is 0 Å². The Morgan fingerprint density at radius 3 is 2.90 bits per heavy atom. The molecule has 10 nitrogen and oxygen atoms in total. The number of hydrogen-bond acceptors (Lipinski definition) is 9. The summed E-state index contributed by atoms with van der Waals surface area (Å²) in [5.41, 5.74) is -0.177. The van der Waals surface area contributed by atoms with E-state index in [1.54, 1.807) is 11.0 Å². The Bertz CT molecular complexity index is 1240. The van der Waals surface area contributed by atoms with Gasteiger partial charge in [0.05, 0.1) is 37.3 Å². The van der Waals surface area contributed by atoms with Gasteiger partial charge >= 0.3 is 0 Å². The van der Waals surface area contributed by atoms with Crippen molar-refractivity contribution in [3.05, 3.63) is 42.2 Å². The van der Waals surface area contributed by atoms with E-state index >= 15 is 0 Å². The standard InChI is InChI=1S/C30H39FN6O4/c1-3-25(38)37-14-13-36(17-21(37)9-11-32)28-23-8-10-30(16-19-6-7-20(31)15-24(19)41-30)27(39)26(23)33-29(34-28)40-18-22-5-4-12-35(22)2/h3,6-7,15,21-23,26,28-29,33-34H,1,4-5,8-10,12-14,16-18H2,2H3/t21?,22?,23?,26?,28?,29?,30-/m1/s1. The molecule has 220 valence electrons. The zero-order valence-electron chi connectivity index (χ0n) is 23.6. The summed E-state index contributed by atoms with van der Waals surface area (Å²) in [7, 11) is 2.10. The van der Waals surface area contributed by atoms with E-state index in [1.807, 2.05) is 0 Å². The second-order valence-electron chi connectivity index (χ2n) is 12.1. The van der Waals surface area contributed by atoms with Crippen LogP contribution >= 0.6 is 0 Å². The lowest BCUT2D eigenvalue weighted by atomic mass is 9.70. The molecule has 1 aliphatic carbocycles. The molecule has 4 aliphatic heterocycles. The number of rotatable bonds is 6. The molecule has 2 N–H and O–H groups in total. The Hall–Kier alpha value is -2.88. The average Bonchev–Trinajstić information content (AvgIpc) is 3.56. The molecular weight excluding hydrogens is 527 g/mol. The number of fused-ring (bicyclic) bond motifs is 2. The quantitative estimate of drug-likeness (QED) is 0.494. The van der Waals surface area contributed by atoms with Crippen molar-refractivity contribution >= 4 is 11.7 Å². The molecule has 11 heteroatoms. The number of likely N-dealkylation sites (N-methyl/N-ethyl adjacent to an activating group) is 1. The third kappa shape index (κ3) is 5.28. The van der Waals surface area contributed by atoms with Gasteiger partial charge in [-0.15, -0.1) is 0 Å².